The molecule has 0 radical (unpaired) electrons. The number of hydrogen-bond acceptors (Lipinski definition) is 1. The van der Waals surface area contributed by atoms with Gasteiger partial charge >= 0.3 is 6.18 Å². The topological polar surface area (TPSA) is 17.1 Å². The Morgan fingerprint density at radius 3 is 2.32 bits per heavy atom. The van der Waals surface area contributed by atoms with Crippen LogP contribution in [0.2, 0.25) is 0 Å². The second-order valence-electron chi connectivity index (χ2n) is 4.24. The van der Waals surface area contributed by atoms with Gasteiger partial charge in [-0.25, -0.2) is 0 Å². The Morgan fingerprint density at radius 2 is 1.68 bits per heavy atom. The van der Waals surface area contributed by atoms with Gasteiger partial charge in [-0.1, -0.05) is 42.0 Å². The van der Waals surface area contributed by atoms with E-state index in [1.807, 2.05) is 0 Å². The van der Waals surface area contributed by atoms with Gasteiger partial charge < -0.3 is 0 Å². The van der Waals surface area contributed by atoms with Gasteiger partial charge in [0.05, 0.1) is 5.56 Å². The van der Waals surface area contributed by atoms with Gasteiger partial charge in [-0.15, -0.1) is 0 Å². The van der Waals surface area contributed by atoms with Crippen LogP contribution in [0.3, 0.4) is 0 Å². The van der Waals surface area contributed by atoms with Crippen LogP contribution in [0, 0.1) is 6.92 Å². The first-order valence-corrected chi connectivity index (χ1v) is 5.67. The maximum absolute atomic E-state index is 12.9. The fraction of sp³-hybridized carbons (Fsp3) is 0.133. The van der Waals surface area contributed by atoms with Crippen LogP contribution in [0.15, 0.2) is 48.5 Å². The van der Waals surface area contributed by atoms with Crippen molar-refractivity contribution < 1.29 is 18.0 Å². The van der Waals surface area contributed by atoms with Gasteiger partial charge in [0.2, 0.25) is 0 Å². The van der Waals surface area contributed by atoms with Crippen LogP contribution < -0.4 is 0 Å². The van der Waals surface area contributed by atoms with Crippen LogP contribution in [0.4, 0.5) is 13.2 Å². The predicted octanol–water partition coefficient (Wildman–Crippen LogP) is 4.24. The first-order chi connectivity index (χ1) is 8.89. The summed E-state index contributed by atoms with van der Waals surface area (Å²) in [5, 5.41) is 0. The molecule has 0 saturated carbocycles. The van der Waals surface area contributed by atoms with E-state index in [1.54, 1.807) is 25.1 Å². The molecule has 1 nitrogen and oxygen atoms in total. The summed E-state index contributed by atoms with van der Waals surface area (Å²) in [6.45, 7) is 1.78. The van der Waals surface area contributed by atoms with Crippen LogP contribution in [-0.4, -0.2) is 5.78 Å². The molecular weight excluding hydrogens is 253 g/mol. The molecule has 0 fully saturated rings. The third-order valence-electron chi connectivity index (χ3n) is 2.76. The molecule has 0 aliphatic heterocycles. The highest BCUT2D eigenvalue weighted by Gasteiger charge is 2.34. The minimum Gasteiger partial charge on any atom is -0.289 e. The van der Waals surface area contributed by atoms with Crippen molar-refractivity contribution in [3.8, 4) is 0 Å². The Morgan fingerprint density at radius 1 is 1.00 bits per heavy atom. The maximum atomic E-state index is 12.9. The largest absolute Gasteiger partial charge is 0.417 e. The van der Waals surface area contributed by atoms with Crippen molar-refractivity contribution in [2.75, 3.05) is 0 Å². The number of halogens is 3. The Balaban J connectivity index is 2.51. The van der Waals surface area contributed by atoms with Crippen molar-refractivity contribution in [1.29, 1.82) is 0 Å². The van der Waals surface area contributed by atoms with Gasteiger partial charge in [-0.05, 0) is 19.1 Å². The molecule has 4 heteroatoms. The molecule has 0 aliphatic carbocycles. The van der Waals surface area contributed by atoms with E-state index < -0.39 is 17.5 Å². The normalized spacial score (nSPS) is 11.4. The highest BCUT2D eigenvalue weighted by Crippen LogP contribution is 2.32. The van der Waals surface area contributed by atoms with Gasteiger partial charge in [0.15, 0.2) is 5.78 Å². The molecule has 0 saturated heterocycles. The van der Waals surface area contributed by atoms with Crippen molar-refractivity contribution in [3.63, 3.8) is 0 Å². The van der Waals surface area contributed by atoms with Crippen molar-refractivity contribution in [2.45, 2.75) is 13.1 Å². The molecule has 0 N–H and O–H groups in total. The number of alkyl halides is 3. The second kappa shape index (κ2) is 4.88. The molecule has 0 unspecified atom stereocenters. The number of hydrogen-bond donors (Lipinski definition) is 0. The molecule has 0 atom stereocenters. The summed E-state index contributed by atoms with van der Waals surface area (Å²) in [6, 6.07) is 11.4. The van der Waals surface area contributed by atoms with E-state index in [2.05, 4.69) is 0 Å². The SMILES string of the molecule is Cc1cccc(C(=O)c2ccccc2C(F)(F)F)c1. The van der Waals surface area contributed by atoms with Gasteiger partial charge in [0.1, 0.15) is 0 Å². The zero-order chi connectivity index (χ0) is 14.0. The Bertz CT molecular complexity index is 615. The molecule has 0 aliphatic rings. The number of benzene rings is 2. The zero-order valence-corrected chi connectivity index (χ0v) is 10.2. The van der Waals surface area contributed by atoms with E-state index in [9.17, 15) is 18.0 Å². The molecule has 19 heavy (non-hydrogen) atoms. The zero-order valence-electron chi connectivity index (χ0n) is 10.2. The van der Waals surface area contributed by atoms with Crippen molar-refractivity contribution in [3.05, 3.63) is 70.8 Å². The summed E-state index contributed by atoms with van der Waals surface area (Å²) >= 11 is 0. The Labute approximate surface area is 108 Å². The average molecular weight is 264 g/mol. The lowest BCUT2D eigenvalue weighted by Gasteiger charge is -2.11. The Hall–Kier alpha value is -2.10. The summed E-state index contributed by atoms with van der Waals surface area (Å²) in [7, 11) is 0. The summed E-state index contributed by atoms with van der Waals surface area (Å²) in [5.41, 5.74) is -0.130. The standard InChI is InChI=1S/C15H11F3O/c1-10-5-4-6-11(9-10)14(19)12-7-2-3-8-13(12)15(16,17)18/h2-9H,1H3. The van der Waals surface area contributed by atoms with Crippen molar-refractivity contribution >= 4 is 5.78 Å². The summed E-state index contributed by atoms with van der Waals surface area (Å²) in [4.78, 5) is 12.2. The molecule has 2 aromatic rings. The van der Waals surface area contributed by atoms with Crippen LogP contribution in [0.1, 0.15) is 27.0 Å². The van der Waals surface area contributed by atoms with E-state index in [1.165, 1.54) is 24.3 Å². The van der Waals surface area contributed by atoms with Gasteiger partial charge in [0.25, 0.3) is 0 Å². The van der Waals surface area contributed by atoms with Crippen LogP contribution in [0.5, 0.6) is 0 Å². The molecule has 0 bridgehead atoms. The van der Waals surface area contributed by atoms with Crippen LogP contribution in [-0.2, 0) is 6.18 Å². The number of carbonyl (C=O) groups excluding carboxylic acids is 1. The molecule has 98 valence electrons. The highest BCUT2D eigenvalue weighted by molar-refractivity contribution is 6.10. The molecular formula is C15H11F3O. The lowest BCUT2D eigenvalue weighted by Crippen LogP contribution is -2.13. The minimum absolute atomic E-state index is 0.261. The fourth-order valence-corrected chi connectivity index (χ4v) is 1.87. The summed E-state index contributed by atoms with van der Waals surface area (Å²) in [6.07, 6.45) is -4.53. The van der Waals surface area contributed by atoms with E-state index in [4.69, 9.17) is 0 Å². The first-order valence-electron chi connectivity index (χ1n) is 5.67. The lowest BCUT2D eigenvalue weighted by atomic mass is 9.97. The van der Waals surface area contributed by atoms with Crippen molar-refractivity contribution in [2.24, 2.45) is 0 Å². The number of ketones is 1. The molecule has 0 spiro atoms. The Kier molecular flexibility index (Phi) is 3.42. The summed E-state index contributed by atoms with van der Waals surface area (Å²) in [5.74, 6) is -0.614. The van der Waals surface area contributed by atoms with E-state index in [0.29, 0.717) is 0 Å². The fourth-order valence-electron chi connectivity index (χ4n) is 1.87. The first kappa shape index (κ1) is 13.3. The number of rotatable bonds is 2. The maximum Gasteiger partial charge on any atom is 0.417 e. The van der Waals surface area contributed by atoms with Gasteiger partial charge in [0, 0.05) is 11.1 Å². The highest BCUT2D eigenvalue weighted by atomic mass is 19.4. The smallest absolute Gasteiger partial charge is 0.289 e. The minimum atomic E-state index is -4.53. The van der Waals surface area contributed by atoms with Crippen molar-refractivity contribution in [1.82, 2.24) is 0 Å². The molecule has 0 heterocycles. The second-order valence-corrected chi connectivity index (χ2v) is 4.24. The predicted molar refractivity (Wildman–Crippen MR) is 66.1 cm³/mol. The molecule has 2 aromatic carbocycles. The quantitative estimate of drug-likeness (QED) is 0.741. The third-order valence-corrected chi connectivity index (χ3v) is 2.76. The number of carbonyl (C=O) groups is 1. The van der Waals surface area contributed by atoms with Crippen LogP contribution in [0.25, 0.3) is 0 Å². The monoisotopic (exact) mass is 264 g/mol. The van der Waals surface area contributed by atoms with E-state index in [-0.39, 0.29) is 11.1 Å². The average Bonchev–Trinajstić information content (AvgIpc) is 2.37. The van der Waals surface area contributed by atoms with Crippen LogP contribution >= 0.6 is 0 Å². The molecule has 0 amide bonds. The molecule has 0 aromatic heterocycles. The third kappa shape index (κ3) is 2.84. The molecule has 2 rings (SSSR count). The van der Waals surface area contributed by atoms with Gasteiger partial charge in [-0.2, -0.15) is 13.2 Å². The van der Waals surface area contributed by atoms with E-state index in [0.717, 1.165) is 11.6 Å². The van der Waals surface area contributed by atoms with E-state index >= 15 is 0 Å². The van der Waals surface area contributed by atoms with Gasteiger partial charge in [-0.3, -0.25) is 4.79 Å². The summed E-state index contributed by atoms with van der Waals surface area (Å²) < 4.78 is 38.6. The lowest BCUT2D eigenvalue weighted by molar-refractivity contribution is -0.137. The number of aryl methyl sites for hydroxylation is 1.